The van der Waals surface area contributed by atoms with Gasteiger partial charge in [-0.05, 0) is 6.42 Å². The molecule has 0 saturated heterocycles. The molecule has 0 saturated carbocycles. The van der Waals surface area contributed by atoms with Gasteiger partial charge in [0.2, 0.25) is 0 Å². The van der Waals surface area contributed by atoms with Crippen LogP contribution in [0.4, 0.5) is 0 Å². The summed E-state index contributed by atoms with van der Waals surface area (Å²) in [6.45, 7) is 1.76. The van der Waals surface area contributed by atoms with Gasteiger partial charge in [-0.15, -0.1) is 0 Å². The minimum absolute atomic E-state index is 0.330. The van der Waals surface area contributed by atoms with Gasteiger partial charge in [0.1, 0.15) is 5.66 Å². The molecule has 0 bridgehead atoms. The van der Waals surface area contributed by atoms with Crippen molar-refractivity contribution in [3.8, 4) is 0 Å². The van der Waals surface area contributed by atoms with E-state index in [0.717, 1.165) is 0 Å². The molecule has 0 fully saturated rings. The third-order valence-electron chi connectivity index (χ3n) is 3.39. The van der Waals surface area contributed by atoms with E-state index in [0.29, 0.717) is 17.0 Å². The van der Waals surface area contributed by atoms with E-state index in [1.165, 1.54) is 0 Å². The average Bonchev–Trinajstić information content (AvgIpc) is 2.49. The van der Waals surface area contributed by atoms with Crippen molar-refractivity contribution in [1.82, 2.24) is 0 Å². The minimum Gasteiger partial charge on any atom is -0.481 e. The molecule has 0 amide bonds. The maximum atomic E-state index is 13.6. The largest absolute Gasteiger partial charge is 0.481 e. The van der Waals surface area contributed by atoms with E-state index in [1.807, 2.05) is 12.1 Å². The van der Waals surface area contributed by atoms with Crippen LogP contribution in [0, 0.1) is 0 Å². The predicted molar refractivity (Wildman–Crippen MR) is 81.5 cm³/mol. The Bertz CT molecular complexity index is 579. The Balaban J connectivity index is 2.67. The molecule has 3 nitrogen and oxygen atoms in total. The summed E-state index contributed by atoms with van der Waals surface area (Å²) in [7, 11) is -3.19. The topological polar surface area (TPSA) is 54.4 Å². The monoisotopic (exact) mass is 288 g/mol. The smallest absolute Gasteiger partial charge is 0.314 e. The number of carbonyl (C=O) groups is 1. The number of rotatable bonds is 5. The number of carboxylic acid groups (broad SMARTS) is 1. The van der Waals surface area contributed by atoms with Crippen LogP contribution in [-0.2, 0) is 9.36 Å². The van der Waals surface area contributed by atoms with Gasteiger partial charge >= 0.3 is 5.97 Å². The SMILES string of the molecule is CCC(C(=O)O)P(=O)(c1ccccc1)c1ccccc1. The first-order valence-electron chi connectivity index (χ1n) is 6.54. The van der Waals surface area contributed by atoms with Gasteiger partial charge in [0, 0.05) is 10.6 Å². The molecule has 0 radical (unpaired) electrons. The fraction of sp³-hybridized carbons (Fsp3) is 0.188. The Morgan fingerprint density at radius 2 is 1.40 bits per heavy atom. The zero-order chi connectivity index (χ0) is 14.6. The molecule has 2 aromatic carbocycles. The molecule has 4 heteroatoms. The number of carboxylic acids is 1. The highest BCUT2D eigenvalue weighted by atomic mass is 31.2. The van der Waals surface area contributed by atoms with Gasteiger partial charge in [-0.1, -0.05) is 67.6 Å². The third-order valence-corrected chi connectivity index (χ3v) is 6.98. The van der Waals surface area contributed by atoms with Gasteiger partial charge in [-0.3, -0.25) is 4.79 Å². The number of hydrogen-bond acceptors (Lipinski definition) is 2. The van der Waals surface area contributed by atoms with Crippen LogP contribution in [0.25, 0.3) is 0 Å². The van der Waals surface area contributed by atoms with E-state index >= 15 is 0 Å². The van der Waals surface area contributed by atoms with Gasteiger partial charge in [0.25, 0.3) is 0 Å². The van der Waals surface area contributed by atoms with Crippen molar-refractivity contribution >= 4 is 23.7 Å². The lowest BCUT2D eigenvalue weighted by Gasteiger charge is -2.24. The Morgan fingerprint density at radius 3 is 1.70 bits per heavy atom. The highest BCUT2D eigenvalue weighted by molar-refractivity contribution is 7.80. The second kappa shape index (κ2) is 6.06. The van der Waals surface area contributed by atoms with Crippen LogP contribution in [0.15, 0.2) is 60.7 Å². The van der Waals surface area contributed by atoms with Crippen LogP contribution < -0.4 is 10.6 Å². The van der Waals surface area contributed by atoms with Gasteiger partial charge < -0.3 is 9.67 Å². The maximum absolute atomic E-state index is 13.6. The number of aliphatic carboxylic acids is 1. The maximum Gasteiger partial charge on any atom is 0.314 e. The Kier molecular flexibility index (Phi) is 4.41. The van der Waals surface area contributed by atoms with E-state index in [4.69, 9.17) is 0 Å². The summed E-state index contributed by atoms with van der Waals surface area (Å²) in [4.78, 5) is 11.6. The van der Waals surface area contributed by atoms with Crippen LogP contribution in [0.5, 0.6) is 0 Å². The summed E-state index contributed by atoms with van der Waals surface area (Å²) in [5.74, 6) is -1.01. The van der Waals surface area contributed by atoms with Crippen LogP contribution in [0.1, 0.15) is 13.3 Å². The fourth-order valence-corrected chi connectivity index (χ4v) is 5.47. The lowest BCUT2D eigenvalue weighted by atomic mass is 10.3. The molecular formula is C16H17O3P. The van der Waals surface area contributed by atoms with Crippen molar-refractivity contribution in [2.24, 2.45) is 0 Å². The summed E-state index contributed by atoms with van der Waals surface area (Å²) in [6, 6.07) is 17.8. The second-order valence-corrected chi connectivity index (χ2v) is 7.56. The third kappa shape index (κ3) is 2.54. The minimum atomic E-state index is -3.19. The van der Waals surface area contributed by atoms with Gasteiger partial charge in [-0.2, -0.15) is 0 Å². The first-order valence-corrected chi connectivity index (χ1v) is 8.32. The van der Waals surface area contributed by atoms with E-state index in [-0.39, 0.29) is 0 Å². The lowest BCUT2D eigenvalue weighted by Crippen LogP contribution is -2.31. The molecule has 0 heterocycles. The van der Waals surface area contributed by atoms with Gasteiger partial charge in [0.05, 0.1) is 0 Å². The van der Waals surface area contributed by atoms with Crippen LogP contribution >= 0.6 is 7.14 Å². The molecule has 0 aliphatic carbocycles. The standard InChI is InChI=1S/C16H17O3P/c1-2-15(16(17)18)20(19,13-9-5-3-6-10-13)14-11-7-4-8-12-14/h3-12,15H,2H2,1H3,(H,17,18). The molecule has 0 spiro atoms. The number of hydrogen-bond donors (Lipinski definition) is 1. The molecule has 0 aliphatic heterocycles. The van der Waals surface area contributed by atoms with E-state index in [9.17, 15) is 14.5 Å². The molecule has 2 rings (SSSR count). The summed E-state index contributed by atoms with van der Waals surface area (Å²) in [5.41, 5.74) is -0.896. The quantitative estimate of drug-likeness (QED) is 0.861. The average molecular weight is 288 g/mol. The van der Waals surface area contributed by atoms with Crippen molar-refractivity contribution in [2.75, 3.05) is 0 Å². The molecule has 1 unspecified atom stereocenters. The summed E-state index contributed by atoms with van der Waals surface area (Å²) < 4.78 is 13.6. The highest BCUT2D eigenvalue weighted by Gasteiger charge is 2.40. The molecule has 2 aromatic rings. The molecular weight excluding hydrogens is 271 g/mol. The van der Waals surface area contributed by atoms with Crippen LogP contribution in [-0.4, -0.2) is 16.7 Å². The van der Waals surface area contributed by atoms with E-state index in [1.54, 1.807) is 55.5 Å². The number of benzene rings is 2. The Morgan fingerprint density at radius 1 is 1.00 bits per heavy atom. The Hall–Kier alpha value is -1.86. The summed E-state index contributed by atoms with van der Waals surface area (Å²) >= 11 is 0. The molecule has 104 valence electrons. The normalized spacial score (nSPS) is 12.8. The summed E-state index contributed by atoms with van der Waals surface area (Å²) in [5, 5.41) is 10.7. The van der Waals surface area contributed by atoms with Crippen LogP contribution in [0.2, 0.25) is 0 Å². The first kappa shape index (κ1) is 14.5. The lowest BCUT2D eigenvalue weighted by molar-refractivity contribution is -0.136. The van der Waals surface area contributed by atoms with E-state index in [2.05, 4.69) is 0 Å². The zero-order valence-electron chi connectivity index (χ0n) is 11.3. The second-order valence-electron chi connectivity index (χ2n) is 4.59. The van der Waals surface area contributed by atoms with Gasteiger partial charge in [0.15, 0.2) is 7.14 Å². The molecule has 20 heavy (non-hydrogen) atoms. The highest BCUT2D eigenvalue weighted by Crippen LogP contribution is 2.49. The van der Waals surface area contributed by atoms with Gasteiger partial charge in [-0.25, -0.2) is 0 Å². The van der Waals surface area contributed by atoms with Crippen LogP contribution in [0.3, 0.4) is 0 Å². The zero-order valence-corrected chi connectivity index (χ0v) is 12.2. The summed E-state index contributed by atoms with van der Waals surface area (Å²) in [6.07, 6.45) is 0.330. The van der Waals surface area contributed by atoms with Crippen molar-refractivity contribution in [3.63, 3.8) is 0 Å². The predicted octanol–water partition coefficient (Wildman–Crippen LogP) is 2.86. The molecule has 0 aromatic heterocycles. The molecule has 1 N–H and O–H groups in total. The van der Waals surface area contributed by atoms with Crippen molar-refractivity contribution in [1.29, 1.82) is 0 Å². The van der Waals surface area contributed by atoms with Crippen molar-refractivity contribution in [2.45, 2.75) is 19.0 Å². The van der Waals surface area contributed by atoms with Crippen molar-refractivity contribution in [3.05, 3.63) is 60.7 Å². The van der Waals surface area contributed by atoms with Crippen molar-refractivity contribution < 1.29 is 14.5 Å². The molecule has 0 aliphatic rings. The van der Waals surface area contributed by atoms with E-state index < -0.39 is 18.8 Å². The fourth-order valence-electron chi connectivity index (χ4n) is 2.40. The Labute approximate surface area is 118 Å². The first-order chi connectivity index (χ1) is 9.60. The molecule has 1 atom stereocenters.